The van der Waals surface area contributed by atoms with E-state index in [1.165, 1.54) is 5.56 Å². The summed E-state index contributed by atoms with van der Waals surface area (Å²) >= 11 is 0. The molecule has 1 aromatic rings. The van der Waals surface area contributed by atoms with Gasteiger partial charge in [0.1, 0.15) is 11.9 Å². The molecule has 1 saturated heterocycles. The number of hydrogen-bond donors (Lipinski definition) is 2. The van der Waals surface area contributed by atoms with Crippen LogP contribution in [-0.2, 0) is 16.0 Å². The smallest absolute Gasteiger partial charge is 0.250 e. The minimum absolute atomic E-state index is 0.0379. The molecule has 1 amide bonds. The summed E-state index contributed by atoms with van der Waals surface area (Å²) in [5, 5.41) is 6.07. The number of morpholine rings is 1. The van der Waals surface area contributed by atoms with Crippen LogP contribution in [-0.4, -0.2) is 44.9 Å². The van der Waals surface area contributed by atoms with Gasteiger partial charge in [-0.2, -0.15) is 0 Å². The third kappa shape index (κ3) is 5.66. The Labute approximate surface area is 132 Å². The Bertz CT molecular complexity index is 453. The van der Waals surface area contributed by atoms with Gasteiger partial charge in [-0.05, 0) is 30.0 Å². The molecule has 5 heteroatoms. The normalized spacial score (nSPS) is 18.2. The molecule has 1 heterocycles. The van der Waals surface area contributed by atoms with Crippen LogP contribution in [0.5, 0.6) is 5.75 Å². The third-order valence-electron chi connectivity index (χ3n) is 3.44. The average Bonchev–Trinajstić information content (AvgIpc) is 2.55. The van der Waals surface area contributed by atoms with Crippen molar-refractivity contribution in [2.45, 2.75) is 26.4 Å². The lowest BCUT2D eigenvalue weighted by Gasteiger charge is -2.22. The van der Waals surface area contributed by atoms with Crippen LogP contribution in [0.15, 0.2) is 24.3 Å². The highest BCUT2D eigenvalue weighted by Crippen LogP contribution is 2.13. The van der Waals surface area contributed by atoms with Gasteiger partial charge in [0.05, 0.1) is 13.2 Å². The maximum absolute atomic E-state index is 11.9. The zero-order valence-electron chi connectivity index (χ0n) is 13.4. The van der Waals surface area contributed by atoms with Gasteiger partial charge < -0.3 is 20.1 Å². The molecule has 5 nitrogen and oxygen atoms in total. The van der Waals surface area contributed by atoms with Crippen molar-refractivity contribution in [3.05, 3.63) is 29.8 Å². The summed E-state index contributed by atoms with van der Waals surface area (Å²) < 4.78 is 11.1. The van der Waals surface area contributed by atoms with Gasteiger partial charge in [0.2, 0.25) is 5.91 Å². The molecule has 1 unspecified atom stereocenters. The molecule has 2 N–H and O–H groups in total. The van der Waals surface area contributed by atoms with Crippen molar-refractivity contribution in [3.8, 4) is 5.75 Å². The first-order chi connectivity index (χ1) is 10.6. The predicted octanol–water partition coefficient (Wildman–Crippen LogP) is 1.37. The molecule has 0 radical (unpaired) electrons. The quantitative estimate of drug-likeness (QED) is 0.799. The maximum atomic E-state index is 11.9. The zero-order chi connectivity index (χ0) is 15.8. The standard InChI is InChI=1S/C17H26N2O3/c1-13(2)12-22-15-5-3-14(4-6-15)7-8-19-17(20)16-11-18-9-10-21-16/h3-6,13,16,18H,7-12H2,1-2H3,(H,19,20). The highest BCUT2D eigenvalue weighted by molar-refractivity contribution is 5.81. The van der Waals surface area contributed by atoms with E-state index in [9.17, 15) is 4.79 Å². The Morgan fingerprint density at radius 1 is 1.41 bits per heavy atom. The van der Waals surface area contributed by atoms with Gasteiger partial charge in [0.25, 0.3) is 0 Å². The minimum Gasteiger partial charge on any atom is -0.493 e. The van der Waals surface area contributed by atoms with Crippen molar-refractivity contribution in [2.75, 3.05) is 32.8 Å². The number of rotatable bonds is 7. The first kappa shape index (κ1) is 16.8. The van der Waals surface area contributed by atoms with Crippen LogP contribution in [0, 0.1) is 5.92 Å². The van der Waals surface area contributed by atoms with Crippen molar-refractivity contribution < 1.29 is 14.3 Å². The van der Waals surface area contributed by atoms with Gasteiger partial charge in [0, 0.05) is 19.6 Å². The summed E-state index contributed by atoms with van der Waals surface area (Å²) in [6, 6.07) is 8.04. The largest absolute Gasteiger partial charge is 0.493 e. The van der Waals surface area contributed by atoms with Gasteiger partial charge in [-0.15, -0.1) is 0 Å². The first-order valence-corrected chi connectivity index (χ1v) is 7.97. The highest BCUT2D eigenvalue weighted by Gasteiger charge is 2.20. The van der Waals surface area contributed by atoms with Crippen LogP contribution < -0.4 is 15.4 Å². The van der Waals surface area contributed by atoms with E-state index >= 15 is 0 Å². The van der Waals surface area contributed by atoms with Crippen LogP contribution in [0.4, 0.5) is 0 Å². The SMILES string of the molecule is CC(C)COc1ccc(CCNC(=O)C2CNCCO2)cc1. The molecular weight excluding hydrogens is 280 g/mol. The van der Waals surface area contributed by atoms with E-state index in [2.05, 4.69) is 24.5 Å². The van der Waals surface area contributed by atoms with Crippen molar-refractivity contribution >= 4 is 5.91 Å². The Morgan fingerprint density at radius 3 is 2.82 bits per heavy atom. The molecular formula is C17H26N2O3. The van der Waals surface area contributed by atoms with Crippen LogP contribution in [0.1, 0.15) is 19.4 Å². The fraction of sp³-hybridized carbons (Fsp3) is 0.588. The topological polar surface area (TPSA) is 59.6 Å². The number of carbonyl (C=O) groups excluding carboxylic acids is 1. The average molecular weight is 306 g/mol. The van der Waals surface area contributed by atoms with Gasteiger partial charge in [-0.3, -0.25) is 4.79 Å². The molecule has 0 aromatic heterocycles. The lowest BCUT2D eigenvalue weighted by Crippen LogP contribution is -2.48. The van der Waals surface area contributed by atoms with E-state index < -0.39 is 0 Å². The highest BCUT2D eigenvalue weighted by atomic mass is 16.5. The summed E-state index contributed by atoms with van der Waals surface area (Å²) in [7, 11) is 0. The van der Waals surface area contributed by atoms with Crippen molar-refractivity contribution in [1.29, 1.82) is 0 Å². The number of ether oxygens (including phenoxy) is 2. The number of carbonyl (C=O) groups is 1. The molecule has 22 heavy (non-hydrogen) atoms. The lowest BCUT2D eigenvalue weighted by molar-refractivity contribution is -0.134. The number of hydrogen-bond acceptors (Lipinski definition) is 4. The van der Waals surface area contributed by atoms with Gasteiger partial charge >= 0.3 is 0 Å². The van der Waals surface area contributed by atoms with E-state index in [4.69, 9.17) is 9.47 Å². The van der Waals surface area contributed by atoms with Crippen LogP contribution in [0.3, 0.4) is 0 Å². The molecule has 1 aliphatic rings. The van der Waals surface area contributed by atoms with E-state index in [0.29, 0.717) is 25.6 Å². The molecule has 0 saturated carbocycles. The van der Waals surface area contributed by atoms with E-state index in [1.807, 2.05) is 24.3 Å². The Balaban J connectivity index is 1.69. The lowest BCUT2D eigenvalue weighted by atomic mass is 10.1. The summed E-state index contributed by atoms with van der Waals surface area (Å²) in [5.41, 5.74) is 1.18. The number of amides is 1. The Kier molecular flexibility index (Phi) is 6.68. The zero-order valence-corrected chi connectivity index (χ0v) is 13.4. The third-order valence-corrected chi connectivity index (χ3v) is 3.44. The fourth-order valence-corrected chi connectivity index (χ4v) is 2.19. The van der Waals surface area contributed by atoms with Gasteiger partial charge in [-0.25, -0.2) is 0 Å². The molecule has 0 aliphatic carbocycles. The van der Waals surface area contributed by atoms with Crippen molar-refractivity contribution in [3.63, 3.8) is 0 Å². The predicted molar refractivity (Wildman–Crippen MR) is 86.1 cm³/mol. The molecule has 1 aromatic carbocycles. The summed E-state index contributed by atoms with van der Waals surface area (Å²) in [6.07, 6.45) is 0.441. The summed E-state index contributed by atoms with van der Waals surface area (Å²) in [5.74, 6) is 1.37. The van der Waals surface area contributed by atoms with Gasteiger partial charge in [0.15, 0.2) is 0 Å². The summed E-state index contributed by atoms with van der Waals surface area (Å²) in [6.45, 7) is 7.60. The van der Waals surface area contributed by atoms with Crippen LogP contribution in [0.25, 0.3) is 0 Å². The van der Waals surface area contributed by atoms with E-state index in [1.54, 1.807) is 0 Å². The van der Waals surface area contributed by atoms with Crippen molar-refractivity contribution in [1.82, 2.24) is 10.6 Å². The molecule has 122 valence electrons. The van der Waals surface area contributed by atoms with Crippen LogP contribution >= 0.6 is 0 Å². The van der Waals surface area contributed by atoms with E-state index in [-0.39, 0.29) is 12.0 Å². The molecule has 1 fully saturated rings. The number of benzene rings is 1. The molecule has 1 aliphatic heterocycles. The fourth-order valence-electron chi connectivity index (χ4n) is 2.19. The maximum Gasteiger partial charge on any atom is 0.250 e. The molecule has 0 bridgehead atoms. The molecule has 1 atom stereocenters. The second-order valence-corrected chi connectivity index (χ2v) is 5.95. The Morgan fingerprint density at radius 2 is 2.18 bits per heavy atom. The minimum atomic E-state index is -0.361. The van der Waals surface area contributed by atoms with Crippen LogP contribution in [0.2, 0.25) is 0 Å². The summed E-state index contributed by atoms with van der Waals surface area (Å²) in [4.78, 5) is 11.9. The van der Waals surface area contributed by atoms with E-state index in [0.717, 1.165) is 25.3 Å². The monoisotopic (exact) mass is 306 g/mol. The first-order valence-electron chi connectivity index (χ1n) is 7.97. The Hall–Kier alpha value is -1.59. The number of nitrogens with one attached hydrogen (secondary N) is 2. The van der Waals surface area contributed by atoms with Gasteiger partial charge in [-0.1, -0.05) is 26.0 Å². The molecule has 0 spiro atoms. The van der Waals surface area contributed by atoms with Crippen molar-refractivity contribution in [2.24, 2.45) is 5.92 Å². The second-order valence-electron chi connectivity index (χ2n) is 5.95. The molecule has 2 rings (SSSR count). The second kappa shape index (κ2) is 8.76.